The average Bonchev–Trinajstić information content (AvgIpc) is 2.08. The Hall–Kier alpha value is 1.29. The van der Waals surface area contributed by atoms with Gasteiger partial charge in [0.1, 0.15) is 8.07 Å². The summed E-state index contributed by atoms with van der Waals surface area (Å²) in [6.07, 6.45) is 0. The van der Waals surface area contributed by atoms with Crippen LogP contribution in [0.3, 0.4) is 0 Å². The van der Waals surface area contributed by atoms with Crippen LogP contribution in [0.1, 0.15) is 0 Å². The van der Waals surface area contributed by atoms with Gasteiger partial charge in [-0.25, -0.2) is 0 Å². The fraction of sp³-hybridized carbons (Fsp3) is 0.750. The van der Waals surface area contributed by atoms with Crippen LogP contribution in [-0.2, 0) is 0 Å². The second-order valence-corrected chi connectivity index (χ2v) is 10.5. The normalized spacial score (nSPS) is 12.3. The van der Waals surface area contributed by atoms with E-state index in [1.165, 1.54) is 12.9 Å². The summed E-state index contributed by atoms with van der Waals surface area (Å²) in [5.74, 6) is 0. The number of hydrogen-bond donors (Lipinski definition) is 0. The minimum atomic E-state index is -1.09. The minimum absolute atomic E-state index is 0. The molecule has 0 spiro atoms. The van der Waals surface area contributed by atoms with Crippen molar-refractivity contribution in [2.45, 2.75) is 19.6 Å². The van der Waals surface area contributed by atoms with Crippen molar-refractivity contribution in [2.24, 2.45) is 0 Å². The molecular weight excluding hydrogens is 189 g/mol. The SMILES string of the molecule is C[Si](C)(C)c1n[n-]pp1.[Na+]. The van der Waals surface area contributed by atoms with E-state index in [0.717, 1.165) is 8.03 Å². The van der Waals surface area contributed by atoms with Gasteiger partial charge in [-0.2, -0.15) is 8.03 Å². The third kappa shape index (κ3) is 3.12. The zero-order chi connectivity index (χ0) is 6.91. The standard InChI is InChI=1S/C4H9N2P2Si.Na/c1-9(2,3)4-5-6-8-7-4;/h1-3H3;/q-1;+1. The van der Waals surface area contributed by atoms with Crippen molar-refractivity contribution in [2.75, 3.05) is 0 Å². The van der Waals surface area contributed by atoms with Gasteiger partial charge in [-0.05, 0) is 7.87 Å². The average molecular weight is 198 g/mol. The molecule has 0 aromatic carbocycles. The molecule has 0 bridgehead atoms. The minimum Gasteiger partial charge on any atom is -0.551 e. The van der Waals surface area contributed by atoms with Gasteiger partial charge in [-0.15, -0.1) is 0 Å². The third-order valence-corrected chi connectivity index (χ3v) is 6.96. The molecule has 6 heteroatoms. The Morgan fingerprint density at radius 1 is 1.40 bits per heavy atom. The van der Waals surface area contributed by atoms with E-state index in [0.29, 0.717) is 0 Å². The van der Waals surface area contributed by atoms with Crippen molar-refractivity contribution in [3.63, 3.8) is 0 Å². The molecule has 10 heavy (non-hydrogen) atoms. The molecule has 0 atom stereocenters. The summed E-state index contributed by atoms with van der Waals surface area (Å²) in [6, 6.07) is 0. The predicted octanol–water partition coefficient (Wildman–Crippen LogP) is -1.25. The van der Waals surface area contributed by atoms with E-state index < -0.39 is 8.07 Å². The summed E-state index contributed by atoms with van der Waals surface area (Å²) < 4.78 is 0. The summed E-state index contributed by atoms with van der Waals surface area (Å²) in [5.41, 5.74) is 0. The van der Waals surface area contributed by atoms with Crippen LogP contribution in [0.5, 0.6) is 0 Å². The molecule has 0 aliphatic rings. The maximum Gasteiger partial charge on any atom is 1.00 e. The van der Waals surface area contributed by atoms with E-state index in [1.54, 1.807) is 0 Å². The van der Waals surface area contributed by atoms with Crippen molar-refractivity contribution >= 4 is 29.0 Å². The van der Waals surface area contributed by atoms with E-state index in [-0.39, 0.29) is 29.6 Å². The molecule has 0 saturated carbocycles. The molecule has 0 amide bonds. The summed E-state index contributed by atoms with van der Waals surface area (Å²) in [6.45, 7) is 6.90. The van der Waals surface area contributed by atoms with Gasteiger partial charge in [0.05, 0.1) is 0 Å². The van der Waals surface area contributed by atoms with Crippen LogP contribution in [0.25, 0.3) is 0 Å². The number of rotatable bonds is 1. The van der Waals surface area contributed by atoms with Crippen LogP contribution in [0.15, 0.2) is 0 Å². The van der Waals surface area contributed by atoms with E-state index >= 15 is 0 Å². The number of hydrogen-bond acceptors (Lipinski definition) is 1. The largest absolute Gasteiger partial charge is 1.00 e. The molecule has 1 rings (SSSR count). The van der Waals surface area contributed by atoms with Crippen molar-refractivity contribution < 1.29 is 29.6 Å². The van der Waals surface area contributed by atoms with Gasteiger partial charge in [-0.1, -0.05) is 19.6 Å². The second kappa shape index (κ2) is 4.35. The Morgan fingerprint density at radius 2 is 2.00 bits per heavy atom. The molecule has 0 fully saturated rings. The van der Waals surface area contributed by atoms with Gasteiger partial charge in [-0.3, -0.25) is 0 Å². The molecule has 1 aromatic rings. The first-order chi connectivity index (χ1) is 4.11. The predicted molar refractivity (Wildman–Crippen MR) is 45.6 cm³/mol. The van der Waals surface area contributed by atoms with Gasteiger partial charge < -0.3 is 9.96 Å². The van der Waals surface area contributed by atoms with Gasteiger partial charge in [0.2, 0.25) is 0 Å². The first kappa shape index (κ1) is 11.3. The maximum absolute atomic E-state index is 4.09. The van der Waals surface area contributed by atoms with Crippen LogP contribution >= 0.6 is 15.9 Å². The van der Waals surface area contributed by atoms with Crippen molar-refractivity contribution in [3.05, 3.63) is 0 Å². The molecule has 1 aromatic heterocycles. The van der Waals surface area contributed by atoms with E-state index in [4.69, 9.17) is 0 Å². The van der Waals surface area contributed by atoms with Crippen LogP contribution in [0, 0.1) is 0 Å². The van der Waals surface area contributed by atoms with Crippen molar-refractivity contribution in [3.8, 4) is 0 Å². The molecule has 0 radical (unpaired) electrons. The van der Waals surface area contributed by atoms with Crippen molar-refractivity contribution in [1.82, 2.24) is 9.96 Å². The quantitative estimate of drug-likeness (QED) is 0.527. The molecule has 50 valence electrons. The Bertz CT molecular complexity index is 184. The Morgan fingerprint density at radius 3 is 2.20 bits per heavy atom. The fourth-order valence-corrected chi connectivity index (χ4v) is 6.20. The molecular formula is C4H9N2NaP2Si. The summed E-state index contributed by atoms with van der Waals surface area (Å²) >= 11 is 0. The van der Waals surface area contributed by atoms with Gasteiger partial charge in [0, 0.05) is 5.05 Å². The Labute approximate surface area is 87.7 Å². The monoisotopic (exact) mass is 198 g/mol. The van der Waals surface area contributed by atoms with Crippen LogP contribution < -0.4 is 39.5 Å². The third-order valence-electron chi connectivity index (χ3n) is 0.990. The Kier molecular flexibility index (Phi) is 4.91. The molecule has 0 N–H and O–H groups in total. The van der Waals surface area contributed by atoms with Gasteiger partial charge in [0.15, 0.2) is 0 Å². The van der Waals surface area contributed by atoms with E-state index in [9.17, 15) is 0 Å². The topological polar surface area (TPSA) is 27.0 Å². The van der Waals surface area contributed by atoms with Gasteiger partial charge in [0.25, 0.3) is 0 Å². The summed E-state index contributed by atoms with van der Waals surface area (Å²) in [7, 11) is 1.34. The second-order valence-electron chi connectivity index (χ2n) is 2.95. The first-order valence-electron chi connectivity index (χ1n) is 2.80. The molecule has 2 nitrogen and oxygen atoms in total. The first-order valence-corrected chi connectivity index (χ1v) is 8.74. The number of aromatic nitrogens is 2. The molecule has 1 heterocycles. The molecule has 0 saturated heterocycles. The zero-order valence-corrected chi connectivity index (χ0v) is 11.6. The van der Waals surface area contributed by atoms with E-state index in [2.05, 4.69) is 29.6 Å². The summed E-state index contributed by atoms with van der Waals surface area (Å²) in [5, 5.41) is 5.42. The molecule has 0 aliphatic carbocycles. The zero-order valence-electron chi connectivity index (χ0n) is 6.79. The van der Waals surface area contributed by atoms with E-state index in [1.807, 2.05) is 0 Å². The van der Waals surface area contributed by atoms with Crippen molar-refractivity contribution in [1.29, 1.82) is 0 Å². The number of nitrogens with zero attached hydrogens (tertiary/aromatic N) is 2. The summed E-state index contributed by atoms with van der Waals surface area (Å²) in [4.78, 5) is 3.91. The van der Waals surface area contributed by atoms with Crippen LogP contribution in [0.4, 0.5) is 0 Å². The molecule has 0 unspecified atom stereocenters. The molecule has 0 aliphatic heterocycles. The fourth-order valence-electron chi connectivity index (χ4n) is 0.445. The Balaban J connectivity index is 0.000000810. The van der Waals surface area contributed by atoms with Crippen LogP contribution in [0.2, 0.25) is 19.6 Å². The maximum atomic E-state index is 4.09. The smallest absolute Gasteiger partial charge is 0.551 e. The van der Waals surface area contributed by atoms with Gasteiger partial charge >= 0.3 is 29.6 Å². The van der Waals surface area contributed by atoms with Crippen LogP contribution in [-0.4, -0.2) is 13.2 Å².